The van der Waals surface area contributed by atoms with Gasteiger partial charge in [0.25, 0.3) is 0 Å². The van der Waals surface area contributed by atoms with Gasteiger partial charge in [0.1, 0.15) is 0 Å². The zero-order valence-electron chi connectivity index (χ0n) is 11.1. The molecule has 6 heteroatoms. The molecule has 1 aromatic rings. The largest absolute Gasteiger partial charge is 0.477 e. The number of aromatic carboxylic acids is 1. The second-order valence-electron chi connectivity index (χ2n) is 4.49. The lowest BCUT2D eigenvalue weighted by Gasteiger charge is -2.21. The van der Waals surface area contributed by atoms with Gasteiger partial charge in [-0.1, -0.05) is 0 Å². The maximum absolute atomic E-state index is 10.9. The fourth-order valence-corrected chi connectivity index (χ4v) is 1.61. The lowest BCUT2D eigenvalue weighted by atomic mass is 10.3. The van der Waals surface area contributed by atoms with E-state index in [0.717, 1.165) is 19.5 Å². The Morgan fingerprint density at radius 1 is 1.33 bits per heavy atom. The average Bonchev–Trinajstić information content (AvgIpc) is 2.28. The standard InChI is InChI=1S/C12H20N4O2/c1-15(2)7-4-8-16(3)11-9(13)5-6-10(14-11)12(17)18/h5-6H,4,7-8,13H2,1-3H3,(H,17,18). The number of hydrogen-bond acceptors (Lipinski definition) is 5. The molecule has 0 spiro atoms. The molecule has 0 aromatic carbocycles. The van der Waals surface area contributed by atoms with Gasteiger partial charge in [-0.15, -0.1) is 0 Å². The highest BCUT2D eigenvalue weighted by Crippen LogP contribution is 2.19. The molecule has 0 bridgehead atoms. The molecule has 6 nitrogen and oxygen atoms in total. The third kappa shape index (κ3) is 3.89. The summed E-state index contributed by atoms with van der Waals surface area (Å²) in [6.07, 6.45) is 0.960. The second-order valence-corrected chi connectivity index (χ2v) is 4.49. The molecule has 0 saturated carbocycles. The second kappa shape index (κ2) is 6.20. The molecule has 0 saturated heterocycles. The van der Waals surface area contributed by atoms with Crippen LogP contribution in [-0.2, 0) is 0 Å². The SMILES string of the molecule is CN(C)CCCN(C)c1nc(C(=O)O)ccc1N. The van der Waals surface area contributed by atoms with Gasteiger partial charge in [-0.3, -0.25) is 0 Å². The highest BCUT2D eigenvalue weighted by Gasteiger charge is 2.11. The van der Waals surface area contributed by atoms with E-state index >= 15 is 0 Å². The van der Waals surface area contributed by atoms with Gasteiger partial charge in [-0.25, -0.2) is 9.78 Å². The van der Waals surface area contributed by atoms with E-state index in [-0.39, 0.29) is 5.69 Å². The van der Waals surface area contributed by atoms with E-state index in [1.54, 1.807) is 6.07 Å². The zero-order valence-corrected chi connectivity index (χ0v) is 11.1. The maximum atomic E-state index is 10.9. The Bertz CT molecular complexity index is 421. The molecule has 0 amide bonds. The Hall–Kier alpha value is -1.82. The van der Waals surface area contributed by atoms with E-state index in [1.165, 1.54) is 6.07 Å². The predicted molar refractivity (Wildman–Crippen MR) is 72.0 cm³/mol. The van der Waals surface area contributed by atoms with Crippen LogP contribution in [0.2, 0.25) is 0 Å². The molecule has 0 atom stereocenters. The Morgan fingerprint density at radius 3 is 2.56 bits per heavy atom. The monoisotopic (exact) mass is 252 g/mol. The van der Waals surface area contributed by atoms with Crippen molar-refractivity contribution in [2.75, 3.05) is 44.9 Å². The molecule has 1 rings (SSSR count). The molecule has 1 heterocycles. The summed E-state index contributed by atoms with van der Waals surface area (Å²) in [5.74, 6) is -0.522. The molecule has 3 N–H and O–H groups in total. The molecular weight excluding hydrogens is 232 g/mol. The predicted octanol–water partition coefficient (Wildman–Crippen LogP) is 0.750. The van der Waals surface area contributed by atoms with E-state index in [0.29, 0.717) is 11.5 Å². The van der Waals surface area contributed by atoms with Crippen molar-refractivity contribution in [3.63, 3.8) is 0 Å². The van der Waals surface area contributed by atoms with Crippen LogP contribution in [0, 0.1) is 0 Å². The number of carboxylic acids is 1. The smallest absolute Gasteiger partial charge is 0.354 e. The normalized spacial score (nSPS) is 10.7. The molecule has 0 fully saturated rings. The van der Waals surface area contributed by atoms with Crippen molar-refractivity contribution in [2.45, 2.75) is 6.42 Å². The number of pyridine rings is 1. The van der Waals surface area contributed by atoms with Crippen molar-refractivity contribution in [1.29, 1.82) is 0 Å². The summed E-state index contributed by atoms with van der Waals surface area (Å²) in [4.78, 5) is 18.9. The zero-order chi connectivity index (χ0) is 13.7. The van der Waals surface area contributed by atoms with Crippen molar-refractivity contribution in [3.05, 3.63) is 17.8 Å². The van der Waals surface area contributed by atoms with Crippen molar-refractivity contribution in [3.8, 4) is 0 Å². The minimum absolute atomic E-state index is 0.0126. The fourth-order valence-electron chi connectivity index (χ4n) is 1.61. The van der Waals surface area contributed by atoms with E-state index in [1.807, 2.05) is 26.0 Å². The topological polar surface area (TPSA) is 82.7 Å². The molecule has 0 unspecified atom stereocenters. The van der Waals surface area contributed by atoms with Crippen molar-refractivity contribution in [1.82, 2.24) is 9.88 Å². The van der Waals surface area contributed by atoms with Gasteiger partial charge in [0.05, 0.1) is 5.69 Å². The first-order chi connectivity index (χ1) is 8.41. The van der Waals surface area contributed by atoms with Crippen molar-refractivity contribution >= 4 is 17.5 Å². The summed E-state index contributed by atoms with van der Waals surface area (Å²) >= 11 is 0. The van der Waals surface area contributed by atoms with Gasteiger partial charge in [0.2, 0.25) is 0 Å². The third-order valence-electron chi connectivity index (χ3n) is 2.58. The maximum Gasteiger partial charge on any atom is 0.354 e. The van der Waals surface area contributed by atoms with Gasteiger partial charge >= 0.3 is 5.97 Å². The first-order valence-corrected chi connectivity index (χ1v) is 5.77. The minimum atomic E-state index is -1.04. The Morgan fingerprint density at radius 2 is 2.00 bits per heavy atom. The Kier molecular flexibility index (Phi) is 4.91. The van der Waals surface area contributed by atoms with Crippen LogP contribution in [0.1, 0.15) is 16.9 Å². The van der Waals surface area contributed by atoms with E-state index in [9.17, 15) is 4.79 Å². The molecule has 0 radical (unpaired) electrons. The summed E-state index contributed by atoms with van der Waals surface area (Å²) in [6.45, 7) is 1.74. The minimum Gasteiger partial charge on any atom is -0.477 e. The van der Waals surface area contributed by atoms with E-state index in [4.69, 9.17) is 10.8 Å². The van der Waals surface area contributed by atoms with Crippen LogP contribution in [0.25, 0.3) is 0 Å². The molecule has 18 heavy (non-hydrogen) atoms. The molecule has 1 aromatic heterocycles. The number of nitrogens with two attached hydrogens (primary N) is 1. The highest BCUT2D eigenvalue weighted by molar-refractivity contribution is 5.86. The van der Waals surface area contributed by atoms with Crippen LogP contribution in [-0.4, -0.2) is 55.2 Å². The molecular formula is C12H20N4O2. The fraction of sp³-hybridized carbons (Fsp3) is 0.500. The number of aromatic nitrogens is 1. The number of nitrogen functional groups attached to an aromatic ring is 1. The van der Waals surface area contributed by atoms with E-state index in [2.05, 4.69) is 9.88 Å². The number of carbonyl (C=O) groups is 1. The molecule has 0 aliphatic rings. The van der Waals surface area contributed by atoms with Crippen LogP contribution < -0.4 is 10.6 Å². The van der Waals surface area contributed by atoms with Crippen molar-refractivity contribution < 1.29 is 9.90 Å². The number of anilines is 2. The average molecular weight is 252 g/mol. The van der Waals surface area contributed by atoms with E-state index < -0.39 is 5.97 Å². The number of carboxylic acid groups (broad SMARTS) is 1. The van der Waals surface area contributed by atoms with Crippen molar-refractivity contribution in [2.24, 2.45) is 0 Å². The summed E-state index contributed by atoms with van der Waals surface area (Å²) in [6, 6.07) is 2.99. The number of hydrogen-bond donors (Lipinski definition) is 2. The number of nitrogens with zero attached hydrogens (tertiary/aromatic N) is 3. The molecule has 0 aliphatic heterocycles. The van der Waals surface area contributed by atoms with Crippen LogP contribution in [0.4, 0.5) is 11.5 Å². The molecule has 100 valence electrons. The third-order valence-corrected chi connectivity index (χ3v) is 2.58. The quantitative estimate of drug-likeness (QED) is 0.777. The highest BCUT2D eigenvalue weighted by atomic mass is 16.4. The van der Waals surface area contributed by atoms with Crippen LogP contribution >= 0.6 is 0 Å². The summed E-state index contributed by atoms with van der Waals surface area (Å²) in [5.41, 5.74) is 6.32. The van der Waals surface area contributed by atoms with Gasteiger partial charge in [0, 0.05) is 13.6 Å². The summed E-state index contributed by atoms with van der Waals surface area (Å²) in [5, 5.41) is 8.90. The lowest BCUT2D eigenvalue weighted by Crippen LogP contribution is -2.25. The molecule has 0 aliphatic carbocycles. The number of rotatable bonds is 6. The Balaban J connectivity index is 2.74. The Labute approximate surface area is 107 Å². The summed E-state index contributed by atoms with van der Waals surface area (Å²) < 4.78 is 0. The summed E-state index contributed by atoms with van der Waals surface area (Å²) in [7, 11) is 5.88. The first kappa shape index (κ1) is 14.2. The van der Waals surface area contributed by atoms with Gasteiger partial charge < -0.3 is 20.6 Å². The first-order valence-electron chi connectivity index (χ1n) is 5.77. The van der Waals surface area contributed by atoms with Crippen LogP contribution in [0.3, 0.4) is 0 Å². The van der Waals surface area contributed by atoms with Gasteiger partial charge in [0.15, 0.2) is 11.5 Å². The lowest BCUT2D eigenvalue weighted by molar-refractivity contribution is 0.0690. The van der Waals surface area contributed by atoms with Gasteiger partial charge in [-0.2, -0.15) is 0 Å². The van der Waals surface area contributed by atoms with Gasteiger partial charge in [-0.05, 0) is 39.2 Å². The van der Waals surface area contributed by atoms with Crippen LogP contribution in [0.15, 0.2) is 12.1 Å². The van der Waals surface area contributed by atoms with Crippen LogP contribution in [0.5, 0.6) is 0 Å².